The quantitative estimate of drug-likeness (QED) is 0.448. The summed E-state index contributed by atoms with van der Waals surface area (Å²) in [6.45, 7) is 0. The summed E-state index contributed by atoms with van der Waals surface area (Å²) in [6.07, 6.45) is 0.130. The lowest BCUT2D eigenvalue weighted by molar-refractivity contribution is 0.147. The van der Waals surface area contributed by atoms with Gasteiger partial charge >= 0.3 is 0 Å². The third-order valence-corrected chi connectivity index (χ3v) is 1.74. The lowest BCUT2D eigenvalue weighted by Crippen LogP contribution is -2.26. The highest BCUT2D eigenvalue weighted by molar-refractivity contribution is 5.39. The average Bonchev–Trinajstić information content (AvgIpc) is 2.09. The van der Waals surface area contributed by atoms with Gasteiger partial charge in [-0.3, -0.25) is 5.32 Å². The van der Waals surface area contributed by atoms with Gasteiger partial charge in [0.15, 0.2) is 0 Å². The number of nitrogens with one attached hydrogen (secondary N) is 1. The minimum Gasteiger partial charge on any atom is -0.399 e. The van der Waals surface area contributed by atoms with Crippen LogP contribution in [0.3, 0.4) is 0 Å². The van der Waals surface area contributed by atoms with E-state index in [9.17, 15) is 5.11 Å². The van der Waals surface area contributed by atoms with E-state index >= 15 is 0 Å². The monoisotopic (exact) mass is 166 g/mol. The second kappa shape index (κ2) is 4.09. The molecule has 66 valence electrons. The summed E-state index contributed by atoms with van der Waals surface area (Å²) in [4.78, 5) is 0. The first-order valence-corrected chi connectivity index (χ1v) is 3.92. The van der Waals surface area contributed by atoms with Crippen molar-refractivity contribution in [1.29, 1.82) is 0 Å². The van der Waals surface area contributed by atoms with Crippen molar-refractivity contribution in [1.82, 2.24) is 5.32 Å². The number of anilines is 1. The Balaban J connectivity index is 2.58. The molecule has 0 spiro atoms. The average molecular weight is 166 g/mol. The molecule has 1 unspecified atom stereocenters. The van der Waals surface area contributed by atoms with Gasteiger partial charge in [-0.2, -0.15) is 0 Å². The van der Waals surface area contributed by atoms with Crippen LogP contribution in [0, 0.1) is 0 Å². The summed E-state index contributed by atoms with van der Waals surface area (Å²) < 4.78 is 0. The van der Waals surface area contributed by atoms with Crippen molar-refractivity contribution >= 4 is 5.69 Å². The van der Waals surface area contributed by atoms with Gasteiger partial charge in [0.2, 0.25) is 0 Å². The Morgan fingerprint density at radius 2 is 2.00 bits per heavy atom. The summed E-state index contributed by atoms with van der Waals surface area (Å²) in [5.41, 5.74) is 7.33. The smallest absolute Gasteiger partial charge is 0.108 e. The Hall–Kier alpha value is -1.06. The fourth-order valence-electron chi connectivity index (χ4n) is 0.979. The number of aliphatic hydroxyl groups is 1. The van der Waals surface area contributed by atoms with Gasteiger partial charge in [-0.25, -0.2) is 0 Å². The highest BCUT2D eigenvalue weighted by Crippen LogP contribution is 2.06. The molecule has 0 aromatic heterocycles. The van der Waals surface area contributed by atoms with E-state index in [4.69, 9.17) is 5.73 Å². The topological polar surface area (TPSA) is 58.3 Å². The predicted molar refractivity (Wildman–Crippen MR) is 49.6 cm³/mol. The first kappa shape index (κ1) is 9.03. The number of nitrogens with two attached hydrogens (primary N) is 1. The molecule has 0 fully saturated rings. The van der Waals surface area contributed by atoms with E-state index < -0.39 is 6.23 Å². The van der Waals surface area contributed by atoms with Crippen LogP contribution in [-0.2, 0) is 6.42 Å². The number of nitrogen functional groups attached to an aromatic ring is 1. The molecule has 3 heteroatoms. The van der Waals surface area contributed by atoms with Gasteiger partial charge in [0.1, 0.15) is 6.23 Å². The third kappa shape index (κ3) is 2.53. The molecule has 0 amide bonds. The van der Waals surface area contributed by atoms with Gasteiger partial charge in [0, 0.05) is 12.1 Å². The van der Waals surface area contributed by atoms with Crippen molar-refractivity contribution in [3.8, 4) is 0 Å². The first-order valence-electron chi connectivity index (χ1n) is 3.92. The molecule has 1 aromatic carbocycles. The fourth-order valence-corrected chi connectivity index (χ4v) is 0.979. The van der Waals surface area contributed by atoms with Crippen molar-refractivity contribution in [2.75, 3.05) is 12.8 Å². The Labute approximate surface area is 72.2 Å². The van der Waals surface area contributed by atoms with Crippen LogP contribution in [0.2, 0.25) is 0 Å². The summed E-state index contributed by atoms with van der Waals surface area (Å²) in [6, 6.07) is 7.49. The number of aliphatic hydroxyl groups excluding tert-OH is 1. The van der Waals surface area contributed by atoms with Crippen molar-refractivity contribution in [3.63, 3.8) is 0 Å². The molecule has 1 aromatic rings. The number of likely N-dealkylation sites (N-methyl/N-ethyl adjacent to an activating group) is 1. The zero-order valence-electron chi connectivity index (χ0n) is 7.12. The summed E-state index contributed by atoms with van der Waals surface area (Å²) in [7, 11) is 1.72. The molecule has 3 nitrogen and oxygen atoms in total. The Morgan fingerprint density at radius 3 is 2.50 bits per heavy atom. The maximum Gasteiger partial charge on any atom is 0.108 e. The maximum atomic E-state index is 9.24. The Kier molecular flexibility index (Phi) is 3.08. The lowest BCUT2D eigenvalue weighted by Gasteiger charge is -2.08. The molecule has 0 saturated heterocycles. The Bertz CT molecular complexity index is 233. The van der Waals surface area contributed by atoms with Crippen molar-refractivity contribution in [2.45, 2.75) is 12.6 Å². The van der Waals surface area contributed by atoms with E-state index in [1.165, 1.54) is 0 Å². The zero-order valence-corrected chi connectivity index (χ0v) is 7.12. The molecule has 0 aliphatic carbocycles. The number of benzene rings is 1. The van der Waals surface area contributed by atoms with Crippen LogP contribution >= 0.6 is 0 Å². The highest BCUT2D eigenvalue weighted by atomic mass is 16.3. The first-order chi connectivity index (χ1) is 5.72. The van der Waals surface area contributed by atoms with Crippen LogP contribution in [0.15, 0.2) is 24.3 Å². The second-order valence-electron chi connectivity index (χ2n) is 2.75. The van der Waals surface area contributed by atoms with Gasteiger partial charge in [-0.1, -0.05) is 12.1 Å². The minimum absolute atomic E-state index is 0.478. The predicted octanol–water partition coefficient (Wildman–Crippen LogP) is 0.349. The van der Waals surface area contributed by atoms with Crippen LogP contribution in [0.4, 0.5) is 5.69 Å². The molecule has 1 atom stereocenters. The standard InChI is InChI=1S/C9H14N2O/c1-11-9(12)6-7-2-4-8(10)5-3-7/h2-5,9,11-12H,6,10H2,1H3. The lowest BCUT2D eigenvalue weighted by atomic mass is 10.1. The molecule has 0 heterocycles. The molecular formula is C9H14N2O. The molecule has 0 bridgehead atoms. The minimum atomic E-state index is -0.478. The normalized spacial score (nSPS) is 12.8. The third-order valence-electron chi connectivity index (χ3n) is 1.74. The molecule has 0 radical (unpaired) electrons. The van der Waals surface area contributed by atoms with Gasteiger partial charge < -0.3 is 10.8 Å². The van der Waals surface area contributed by atoms with Crippen LogP contribution < -0.4 is 11.1 Å². The highest BCUT2D eigenvalue weighted by Gasteiger charge is 2.00. The van der Waals surface area contributed by atoms with E-state index in [-0.39, 0.29) is 0 Å². The molecule has 12 heavy (non-hydrogen) atoms. The molecule has 1 rings (SSSR count). The van der Waals surface area contributed by atoms with Crippen molar-refractivity contribution in [2.24, 2.45) is 0 Å². The number of rotatable bonds is 3. The van der Waals surface area contributed by atoms with Crippen molar-refractivity contribution < 1.29 is 5.11 Å². The molecule has 0 aliphatic rings. The van der Waals surface area contributed by atoms with E-state index in [1.54, 1.807) is 7.05 Å². The van der Waals surface area contributed by atoms with E-state index in [0.717, 1.165) is 11.3 Å². The SMILES string of the molecule is CNC(O)Cc1ccc(N)cc1. The van der Waals surface area contributed by atoms with Gasteiger partial charge in [0.05, 0.1) is 0 Å². The zero-order chi connectivity index (χ0) is 8.97. The Morgan fingerprint density at radius 1 is 1.42 bits per heavy atom. The molecule has 4 N–H and O–H groups in total. The molecule has 0 saturated carbocycles. The van der Waals surface area contributed by atoms with Gasteiger partial charge in [-0.15, -0.1) is 0 Å². The van der Waals surface area contributed by atoms with Crippen LogP contribution in [0.1, 0.15) is 5.56 Å². The summed E-state index contributed by atoms with van der Waals surface area (Å²) >= 11 is 0. The summed E-state index contributed by atoms with van der Waals surface area (Å²) in [5.74, 6) is 0. The van der Waals surface area contributed by atoms with E-state index in [0.29, 0.717) is 6.42 Å². The second-order valence-corrected chi connectivity index (χ2v) is 2.75. The van der Waals surface area contributed by atoms with E-state index in [2.05, 4.69) is 5.32 Å². The van der Waals surface area contributed by atoms with Crippen LogP contribution in [-0.4, -0.2) is 18.4 Å². The van der Waals surface area contributed by atoms with Gasteiger partial charge in [0.25, 0.3) is 0 Å². The fraction of sp³-hybridized carbons (Fsp3) is 0.333. The molecular weight excluding hydrogens is 152 g/mol. The largest absolute Gasteiger partial charge is 0.399 e. The number of hydrogen-bond donors (Lipinski definition) is 3. The summed E-state index contributed by atoms with van der Waals surface area (Å²) in [5, 5.41) is 12.0. The maximum absolute atomic E-state index is 9.24. The number of hydrogen-bond acceptors (Lipinski definition) is 3. The van der Waals surface area contributed by atoms with Gasteiger partial charge in [-0.05, 0) is 24.7 Å². The van der Waals surface area contributed by atoms with Crippen LogP contribution in [0.5, 0.6) is 0 Å². The molecule has 0 aliphatic heterocycles. The van der Waals surface area contributed by atoms with Crippen LogP contribution in [0.25, 0.3) is 0 Å². The van der Waals surface area contributed by atoms with Crippen molar-refractivity contribution in [3.05, 3.63) is 29.8 Å². The van der Waals surface area contributed by atoms with E-state index in [1.807, 2.05) is 24.3 Å².